The van der Waals surface area contributed by atoms with E-state index in [9.17, 15) is 4.79 Å². The van der Waals surface area contributed by atoms with Crippen LogP contribution in [0.5, 0.6) is 5.75 Å². The number of carbonyl (C=O) groups excluding carboxylic acids is 1. The van der Waals surface area contributed by atoms with E-state index in [0.29, 0.717) is 5.75 Å². The zero-order chi connectivity index (χ0) is 12.4. The summed E-state index contributed by atoms with van der Waals surface area (Å²) in [5, 5.41) is 4.39. The molecule has 0 aliphatic carbocycles. The SMILES string of the molecule is O=[C]NOc1cccc2c1ccc1ccccc12. The average molecular weight is 236 g/mol. The Balaban J connectivity index is 2.29. The summed E-state index contributed by atoms with van der Waals surface area (Å²) in [6.45, 7) is 0. The van der Waals surface area contributed by atoms with Crippen molar-refractivity contribution in [1.82, 2.24) is 5.48 Å². The van der Waals surface area contributed by atoms with Crippen molar-refractivity contribution in [1.29, 1.82) is 0 Å². The van der Waals surface area contributed by atoms with Crippen molar-refractivity contribution in [2.75, 3.05) is 0 Å². The standard InChI is InChI=1S/C15H10NO2/c17-10-16-18-15-7-3-6-13-12-5-2-1-4-11(12)8-9-14(13)15/h1-9H,(H,16,17). The van der Waals surface area contributed by atoms with E-state index >= 15 is 0 Å². The van der Waals surface area contributed by atoms with Crippen LogP contribution in [0, 0.1) is 0 Å². The summed E-state index contributed by atoms with van der Waals surface area (Å²) in [4.78, 5) is 15.3. The number of nitrogens with one attached hydrogen (secondary N) is 1. The summed E-state index contributed by atoms with van der Waals surface area (Å²) in [6.07, 6.45) is 1.50. The minimum atomic E-state index is 0.613. The fourth-order valence-corrected chi connectivity index (χ4v) is 2.18. The molecule has 18 heavy (non-hydrogen) atoms. The quantitative estimate of drug-likeness (QED) is 0.431. The van der Waals surface area contributed by atoms with Crippen LogP contribution in [0.15, 0.2) is 54.6 Å². The van der Waals surface area contributed by atoms with Crippen molar-refractivity contribution < 1.29 is 9.63 Å². The summed E-state index contributed by atoms with van der Waals surface area (Å²) in [7, 11) is 0. The zero-order valence-electron chi connectivity index (χ0n) is 9.51. The van der Waals surface area contributed by atoms with E-state index in [4.69, 9.17) is 4.84 Å². The average Bonchev–Trinajstić information content (AvgIpc) is 2.44. The molecule has 0 spiro atoms. The smallest absolute Gasteiger partial charge is 0.344 e. The normalized spacial score (nSPS) is 10.4. The van der Waals surface area contributed by atoms with Crippen LogP contribution in [0.2, 0.25) is 0 Å². The Morgan fingerprint density at radius 3 is 2.56 bits per heavy atom. The number of hydroxylamine groups is 1. The van der Waals surface area contributed by atoms with Gasteiger partial charge in [-0.15, -0.1) is 0 Å². The van der Waals surface area contributed by atoms with Gasteiger partial charge in [-0.2, -0.15) is 5.48 Å². The van der Waals surface area contributed by atoms with Crippen LogP contribution in [0.25, 0.3) is 21.5 Å². The van der Waals surface area contributed by atoms with E-state index in [1.54, 1.807) is 6.07 Å². The molecule has 1 amide bonds. The van der Waals surface area contributed by atoms with Crippen LogP contribution in [0.3, 0.4) is 0 Å². The van der Waals surface area contributed by atoms with Crippen LogP contribution in [-0.2, 0) is 4.79 Å². The van der Waals surface area contributed by atoms with Gasteiger partial charge in [0.25, 0.3) is 0 Å². The molecule has 3 rings (SSSR count). The summed E-state index contributed by atoms with van der Waals surface area (Å²) in [5.41, 5.74) is 2.10. The highest BCUT2D eigenvalue weighted by molar-refractivity contribution is 6.09. The number of hydrogen-bond donors (Lipinski definition) is 1. The molecule has 1 radical (unpaired) electrons. The van der Waals surface area contributed by atoms with E-state index in [1.807, 2.05) is 36.4 Å². The molecule has 0 aromatic heterocycles. The van der Waals surface area contributed by atoms with Gasteiger partial charge >= 0.3 is 6.41 Å². The Kier molecular flexibility index (Phi) is 2.57. The van der Waals surface area contributed by atoms with Crippen LogP contribution in [0.4, 0.5) is 0 Å². The lowest BCUT2D eigenvalue weighted by atomic mass is 10.0. The minimum absolute atomic E-state index is 0.613. The lowest BCUT2D eigenvalue weighted by Gasteiger charge is -2.08. The maximum absolute atomic E-state index is 10.2. The molecule has 87 valence electrons. The fraction of sp³-hybridized carbons (Fsp3) is 0. The van der Waals surface area contributed by atoms with Crippen LogP contribution >= 0.6 is 0 Å². The molecule has 0 heterocycles. The predicted octanol–water partition coefficient (Wildman–Crippen LogP) is 2.94. The molecule has 0 unspecified atom stereocenters. The van der Waals surface area contributed by atoms with Gasteiger partial charge in [-0.05, 0) is 28.3 Å². The largest absolute Gasteiger partial charge is 0.378 e. The number of hydrogen-bond acceptors (Lipinski definition) is 2. The molecular weight excluding hydrogens is 226 g/mol. The van der Waals surface area contributed by atoms with Crippen molar-refractivity contribution in [3.05, 3.63) is 54.6 Å². The second-order valence-corrected chi connectivity index (χ2v) is 3.94. The lowest BCUT2D eigenvalue weighted by molar-refractivity contribution is 0.257. The summed E-state index contributed by atoms with van der Waals surface area (Å²) < 4.78 is 0. The topological polar surface area (TPSA) is 38.3 Å². The first-order valence-corrected chi connectivity index (χ1v) is 5.59. The summed E-state index contributed by atoms with van der Waals surface area (Å²) in [5.74, 6) is 0.613. The first kappa shape index (κ1) is 10.6. The van der Waals surface area contributed by atoms with Crippen molar-refractivity contribution in [2.24, 2.45) is 0 Å². The molecular formula is C15H10NO2. The third-order valence-corrected chi connectivity index (χ3v) is 2.95. The predicted molar refractivity (Wildman–Crippen MR) is 70.9 cm³/mol. The van der Waals surface area contributed by atoms with E-state index in [-0.39, 0.29) is 0 Å². The fourth-order valence-electron chi connectivity index (χ4n) is 2.18. The first-order valence-electron chi connectivity index (χ1n) is 5.59. The summed E-state index contributed by atoms with van der Waals surface area (Å²) in [6, 6.07) is 17.9. The van der Waals surface area contributed by atoms with Gasteiger partial charge in [0.05, 0.1) is 0 Å². The van der Waals surface area contributed by atoms with Gasteiger partial charge in [0.1, 0.15) is 0 Å². The zero-order valence-corrected chi connectivity index (χ0v) is 9.51. The van der Waals surface area contributed by atoms with Crippen LogP contribution in [-0.4, -0.2) is 6.41 Å². The second kappa shape index (κ2) is 4.37. The third kappa shape index (κ3) is 1.66. The Morgan fingerprint density at radius 2 is 1.67 bits per heavy atom. The Hall–Kier alpha value is -2.55. The van der Waals surface area contributed by atoms with Crippen molar-refractivity contribution in [3.8, 4) is 5.75 Å². The molecule has 3 nitrogen and oxygen atoms in total. The van der Waals surface area contributed by atoms with Gasteiger partial charge < -0.3 is 4.84 Å². The molecule has 0 fully saturated rings. The van der Waals surface area contributed by atoms with Gasteiger partial charge in [-0.25, -0.2) is 0 Å². The van der Waals surface area contributed by atoms with Gasteiger partial charge in [-0.1, -0.05) is 42.5 Å². The molecule has 1 N–H and O–H groups in total. The Morgan fingerprint density at radius 1 is 0.833 bits per heavy atom. The number of amides is 1. The minimum Gasteiger partial charge on any atom is -0.378 e. The van der Waals surface area contributed by atoms with E-state index in [0.717, 1.165) is 16.2 Å². The van der Waals surface area contributed by atoms with Crippen LogP contribution in [0.1, 0.15) is 0 Å². The highest BCUT2D eigenvalue weighted by Crippen LogP contribution is 2.31. The third-order valence-electron chi connectivity index (χ3n) is 2.95. The molecule has 0 saturated carbocycles. The second-order valence-electron chi connectivity index (χ2n) is 3.94. The molecule has 0 atom stereocenters. The number of benzene rings is 3. The monoisotopic (exact) mass is 236 g/mol. The Bertz CT molecular complexity index is 722. The van der Waals surface area contributed by atoms with Crippen molar-refractivity contribution >= 4 is 28.0 Å². The van der Waals surface area contributed by atoms with E-state index in [1.165, 1.54) is 11.8 Å². The van der Waals surface area contributed by atoms with Crippen LogP contribution < -0.4 is 10.3 Å². The maximum atomic E-state index is 10.2. The summed E-state index contributed by atoms with van der Waals surface area (Å²) >= 11 is 0. The first-order chi connectivity index (χ1) is 8.90. The van der Waals surface area contributed by atoms with Gasteiger partial charge in [0, 0.05) is 5.39 Å². The molecule has 3 heteroatoms. The Labute approximate surface area is 104 Å². The molecule has 0 saturated heterocycles. The molecule has 3 aromatic carbocycles. The molecule has 3 aromatic rings. The van der Waals surface area contributed by atoms with E-state index < -0.39 is 0 Å². The molecule has 0 aliphatic rings. The van der Waals surface area contributed by atoms with Gasteiger partial charge in [0.2, 0.25) is 0 Å². The van der Waals surface area contributed by atoms with E-state index in [2.05, 4.69) is 17.6 Å². The highest BCUT2D eigenvalue weighted by atomic mass is 16.7. The maximum Gasteiger partial charge on any atom is 0.344 e. The highest BCUT2D eigenvalue weighted by Gasteiger charge is 2.05. The molecule has 0 bridgehead atoms. The van der Waals surface area contributed by atoms with Crippen molar-refractivity contribution in [2.45, 2.75) is 0 Å². The van der Waals surface area contributed by atoms with Crippen molar-refractivity contribution in [3.63, 3.8) is 0 Å². The molecule has 0 aliphatic heterocycles. The van der Waals surface area contributed by atoms with Gasteiger partial charge in [-0.3, -0.25) is 4.79 Å². The number of rotatable bonds is 3. The lowest BCUT2D eigenvalue weighted by Crippen LogP contribution is -2.15. The van der Waals surface area contributed by atoms with Gasteiger partial charge in [0.15, 0.2) is 5.75 Å². The number of fused-ring (bicyclic) bond motifs is 3.